The number of halogens is 1. The summed E-state index contributed by atoms with van der Waals surface area (Å²) in [6, 6.07) is 5.71. The van der Waals surface area contributed by atoms with Crippen LogP contribution in [0.15, 0.2) is 41.6 Å². The van der Waals surface area contributed by atoms with E-state index in [9.17, 15) is 4.79 Å². The van der Waals surface area contributed by atoms with Crippen molar-refractivity contribution < 1.29 is 4.79 Å². The Morgan fingerprint density at radius 2 is 2.22 bits per heavy atom. The van der Waals surface area contributed by atoms with Crippen molar-refractivity contribution in [2.24, 2.45) is 0 Å². The number of likely N-dealkylation sites (N-methyl/N-ethyl adjacent to an activating group) is 1. The Hall–Kier alpha value is -1.74. The number of nitrogens with one attached hydrogen (secondary N) is 1. The van der Waals surface area contributed by atoms with Crippen LogP contribution in [0.2, 0.25) is 5.02 Å². The Balaban J connectivity index is 2.12. The first kappa shape index (κ1) is 11.4. The van der Waals surface area contributed by atoms with Gasteiger partial charge in [0.25, 0.3) is 0 Å². The normalized spacial score (nSPS) is 18.1. The van der Waals surface area contributed by atoms with Crippen LogP contribution in [0.4, 0.5) is 11.4 Å². The molecule has 1 aliphatic heterocycles. The number of carbonyl (C=O) groups excluding carboxylic acids is 1. The van der Waals surface area contributed by atoms with Gasteiger partial charge in [-0.25, -0.2) is 0 Å². The highest BCUT2D eigenvalue weighted by atomic mass is 35.5. The van der Waals surface area contributed by atoms with Crippen LogP contribution in [0.1, 0.15) is 6.42 Å². The Morgan fingerprint density at radius 1 is 1.39 bits per heavy atom. The average molecular weight is 261 g/mol. The minimum atomic E-state index is 0.186. The van der Waals surface area contributed by atoms with E-state index < -0.39 is 0 Å². The summed E-state index contributed by atoms with van der Waals surface area (Å²) in [6.45, 7) is 0.552. The summed E-state index contributed by atoms with van der Waals surface area (Å²) in [5, 5.41) is 3.98. The highest BCUT2D eigenvalue weighted by molar-refractivity contribution is 6.31. The van der Waals surface area contributed by atoms with Crippen molar-refractivity contribution in [3.05, 3.63) is 46.6 Å². The molecule has 0 radical (unpaired) electrons. The number of Topliss-reactive ketones (excluding diaryl/α,β-unsaturated/α-hetero) is 1. The summed E-state index contributed by atoms with van der Waals surface area (Å²) in [6.07, 6.45) is 4.42. The molecule has 0 unspecified atom stereocenters. The molecule has 18 heavy (non-hydrogen) atoms. The second kappa shape index (κ2) is 4.18. The number of allylic oxidation sites excluding steroid dienone is 2. The lowest BCUT2D eigenvalue weighted by Crippen LogP contribution is -2.22. The number of rotatable bonds is 0. The van der Waals surface area contributed by atoms with Gasteiger partial charge in [0.05, 0.1) is 11.4 Å². The van der Waals surface area contributed by atoms with Gasteiger partial charge in [0.2, 0.25) is 0 Å². The predicted octanol–water partition coefficient (Wildman–Crippen LogP) is 2.98. The van der Waals surface area contributed by atoms with Crippen molar-refractivity contribution in [2.75, 3.05) is 23.8 Å². The molecule has 0 atom stereocenters. The first-order chi connectivity index (χ1) is 8.66. The number of hydrogen-bond acceptors (Lipinski definition) is 3. The molecule has 0 saturated carbocycles. The summed E-state index contributed by atoms with van der Waals surface area (Å²) in [5.74, 6) is 0.186. The van der Waals surface area contributed by atoms with E-state index in [1.165, 1.54) is 0 Å². The molecule has 3 rings (SSSR count). The minimum Gasteiger partial charge on any atom is -0.379 e. The molecular weight excluding hydrogens is 248 g/mol. The maximum absolute atomic E-state index is 11.9. The van der Waals surface area contributed by atoms with E-state index in [1.54, 1.807) is 0 Å². The van der Waals surface area contributed by atoms with Crippen molar-refractivity contribution in [2.45, 2.75) is 6.42 Å². The number of carbonyl (C=O) groups is 1. The smallest absolute Gasteiger partial charge is 0.166 e. The molecule has 0 amide bonds. The van der Waals surface area contributed by atoms with Crippen LogP contribution >= 0.6 is 11.6 Å². The van der Waals surface area contributed by atoms with Crippen molar-refractivity contribution in [3.63, 3.8) is 0 Å². The molecule has 4 heteroatoms. The lowest BCUT2D eigenvalue weighted by Gasteiger charge is -2.23. The number of anilines is 2. The Bertz CT molecular complexity index is 589. The van der Waals surface area contributed by atoms with Crippen molar-refractivity contribution in [1.82, 2.24) is 0 Å². The van der Waals surface area contributed by atoms with Gasteiger partial charge in [-0.2, -0.15) is 0 Å². The molecule has 2 aliphatic rings. The summed E-state index contributed by atoms with van der Waals surface area (Å²) in [4.78, 5) is 14.0. The molecular formula is C14H13ClN2O. The van der Waals surface area contributed by atoms with Gasteiger partial charge < -0.3 is 10.2 Å². The SMILES string of the molecule is CN1C2=C(CNc3cc(Cl)ccc31)C(=O)CC=C2. The van der Waals surface area contributed by atoms with Gasteiger partial charge in [0.1, 0.15) is 0 Å². The Labute approximate surface area is 111 Å². The van der Waals surface area contributed by atoms with E-state index in [4.69, 9.17) is 11.6 Å². The predicted molar refractivity (Wildman–Crippen MR) is 74.1 cm³/mol. The second-order valence-corrected chi connectivity index (χ2v) is 4.90. The molecule has 0 fully saturated rings. The number of nitrogens with zero attached hydrogens (tertiary/aromatic N) is 1. The molecule has 0 spiro atoms. The van der Waals surface area contributed by atoms with Crippen molar-refractivity contribution >= 4 is 28.8 Å². The van der Waals surface area contributed by atoms with Crippen molar-refractivity contribution in [3.8, 4) is 0 Å². The van der Waals surface area contributed by atoms with Gasteiger partial charge in [0, 0.05) is 36.3 Å². The molecule has 0 bridgehead atoms. The monoisotopic (exact) mass is 260 g/mol. The van der Waals surface area contributed by atoms with Crippen LogP contribution < -0.4 is 10.2 Å². The fourth-order valence-corrected chi connectivity index (χ4v) is 2.58. The van der Waals surface area contributed by atoms with E-state index in [0.717, 1.165) is 22.6 Å². The molecule has 0 aromatic heterocycles. The molecule has 1 N–H and O–H groups in total. The van der Waals surface area contributed by atoms with Gasteiger partial charge in [-0.1, -0.05) is 17.7 Å². The number of benzene rings is 1. The third-order valence-corrected chi connectivity index (χ3v) is 3.60. The first-order valence-corrected chi connectivity index (χ1v) is 6.24. The zero-order chi connectivity index (χ0) is 12.7. The zero-order valence-corrected chi connectivity index (χ0v) is 10.8. The number of ketones is 1. The first-order valence-electron chi connectivity index (χ1n) is 5.87. The summed E-state index contributed by atoms with van der Waals surface area (Å²) in [5.41, 5.74) is 3.80. The number of fused-ring (bicyclic) bond motifs is 1. The van der Waals surface area contributed by atoms with Crippen LogP contribution in [-0.2, 0) is 4.79 Å². The number of hydrogen-bond donors (Lipinski definition) is 1. The van der Waals surface area contributed by atoms with E-state index in [2.05, 4.69) is 5.32 Å². The summed E-state index contributed by atoms with van der Waals surface area (Å²) >= 11 is 6.01. The molecule has 1 aliphatic carbocycles. The summed E-state index contributed by atoms with van der Waals surface area (Å²) in [7, 11) is 1.97. The van der Waals surface area contributed by atoms with E-state index in [1.807, 2.05) is 42.3 Å². The fraction of sp³-hybridized carbons (Fsp3) is 0.214. The zero-order valence-electron chi connectivity index (χ0n) is 10.0. The van der Waals surface area contributed by atoms with Crippen LogP contribution in [-0.4, -0.2) is 19.4 Å². The van der Waals surface area contributed by atoms with E-state index in [0.29, 0.717) is 18.0 Å². The molecule has 0 saturated heterocycles. The van der Waals surface area contributed by atoms with Crippen LogP contribution in [0.5, 0.6) is 0 Å². The maximum Gasteiger partial charge on any atom is 0.166 e. The largest absolute Gasteiger partial charge is 0.379 e. The molecule has 1 aromatic rings. The lowest BCUT2D eigenvalue weighted by atomic mass is 10.0. The van der Waals surface area contributed by atoms with Gasteiger partial charge >= 0.3 is 0 Å². The fourth-order valence-electron chi connectivity index (χ4n) is 2.40. The quantitative estimate of drug-likeness (QED) is 0.778. The second-order valence-electron chi connectivity index (χ2n) is 4.47. The van der Waals surface area contributed by atoms with Gasteiger partial charge in [-0.05, 0) is 24.3 Å². The molecule has 1 heterocycles. The molecule has 3 nitrogen and oxygen atoms in total. The Morgan fingerprint density at radius 3 is 3.06 bits per heavy atom. The van der Waals surface area contributed by atoms with Crippen LogP contribution in [0.25, 0.3) is 0 Å². The topological polar surface area (TPSA) is 32.3 Å². The van der Waals surface area contributed by atoms with E-state index >= 15 is 0 Å². The van der Waals surface area contributed by atoms with Gasteiger partial charge in [-0.3, -0.25) is 4.79 Å². The Kier molecular flexibility index (Phi) is 2.63. The van der Waals surface area contributed by atoms with Crippen LogP contribution in [0, 0.1) is 0 Å². The third-order valence-electron chi connectivity index (χ3n) is 3.36. The minimum absolute atomic E-state index is 0.186. The van der Waals surface area contributed by atoms with Gasteiger partial charge in [0.15, 0.2) is 5.78 Å². The van der Waals surface area contributed by atoms with E-state index in [-0.39, 0.29) is 5.78 Å². The standard InChI is InChI=1S/C14H13ClN2O/c1-17-12-3-2-4-14(18)10(12)8-16-11-7-9(15)5-6-13(11)17/h2-3,5-7,16H,4,8H2,1H3. The van der Waals surface area contributed by atoms with Crippen LogP contribution in [0.3, 0.4) is 0 Å². The highest BCUT2D eigenvalue weighted by Crippen LogP contribution is 2.35. The maximum atomic E-state index is 11.9. The third kappa shape index (κ3) is 1.71. The molecule has 1 aromatic carbocycles. The lowest BCUT2D eigenvalue weighted by molar-refractivity contribution is -0.114. The average Bonchev–Trinajstić information content (AvgIpc) is 2.49. The van der Waals surface area contributed by atoms with Gasteiger partial charge in [-0.15, -0.1) is 0 Å². The molecule has 92 valence electrons. The van der Waals surface area contributed by atoms with Crippen molar-refractivity contribution in [1.29, 1.82) is 0 Å². The highest BCUT2D eigenvalue weighted by Gasteiger charge is 2.24. The summed E-state index contributed by atoms with van der Waals surface area (Å²) < 4.78 is 0.